The number of amides is 1. The monoisotopic (exact) mass is 331 g/mol. The van der Waals surface area contributed by atoms with E-state index in [0.717, 1.165) is 19.5 Å². The lowest BCUT2D eigenvalue weighted by Gasteiger charge is -2.38. The van der Waals surface area contributed by atoms with E-state index in [2.05, 4.69) is 10.2 Å². The molecule has 1 N–H and O–H groups in total. The van der Waals surface area contributed by atoms with Crippen LogP contribution in [0.3, 0.4) is 0 Å². The van der Waals surface area contributed by atoms with Crippen molar-refractivity contribution in [3.8, 4) is 0 Å². The number of carbonyl (C=O) groups excluding carboxylic acids is 1. The van der Waals surface area contributed by atoms with Crippen LogP contribution in [-0.2, 0) is 4.79 Å². The topological polar surface area (TPSA) is 35.6 Å². The highest BCUT2D eigenvalue weighted by Gasteiger charge is 2.44. The third-order valence-electron chi connectivity index (χ3n) is 4.31. The first-order valence-corrected chi connectivity index (χ1v) is 6.69. The molecule has 8 heteroatoms. The van der Waals surface area contributed by atoms with Crippen LogP contribution in [0.15, 0.2) is 0 Å². The van der Waals surface area contributed by atoms with E-state index < -0.39 is 12.0 Å². The zero-order valence-corrected chi connectivity index (χ0v) is 12.8. The van der Waals surface area contributed by atoms with E-state index in [0.29, 0.717) is 19.1 Å². The Kier molecular flexibility index (Phi) is 6.01. The van der Waals surface area contributed by atoms with Crippen LogP contribution in [0.25, 0.3) is 0 Å². The average molecular weight is 332 g/mol. The van der Waals surface area contributed by atoms with Crippen molar-refractivity contribution in [2.75, 3.05) is 32.7 Å². The number of piperazine rings is 1. The van der Waals surface area contributed by atoms with E-state index in [-0.39, 0.29) is 43.7 Å². The van der Waals surface area contributed by atoms with Gasteiger partial charge in [-0.3, -0.25) is 15.0 Å². The maximum absolute atomic E-state index is 13.1. The van der Waals surface area contributed by atoms with Crippen molar-refractivity contribution in [2.24, 2.45) is 0 Å². The van der Waals surface area contributed by atoms with Gasteiger partial charge in [0.1, 0.15) is 0 Å². The van der Waals surface area contributed by atoms with E-state index in [9.17, 15) is 13.6 Å². The van der Waals surface area contributed by atoms with Gasteiger partial charge in [0.2, 0.25) is 5.91 Å². The quantitative estimate of drug-likeness (QED) is 0.782. The molecule has 0 aromatic carbocycles. The lowest BCUT2D eigenvalue weighted by atomic mass is 10.1. The van der Waals surface area contributed by atoms with Crippen LogP contribution < -0.4 is 5.32 Å². The van der Waals surface area contributed by atoms with Crippen molar-refractivity contribution in [2.45, 2.75) is 37.3 Å². The molecule has 3 fully saturated rings. The molecule has 0 aromatic rings. The number of alkyl halides is 2. The summed E-state index contributed by atoms with van der Waals surface area (Å²) in [6.45, 7) is 3.03. The summed E-state index contributed by atoms with van der Waals surface area (Å²) in [5, 5.41) is 2.65. The van der Waals surface area contributed by atoms with E-state index in [1.54, 1.807) is 4.90 Å². The average Bonchev–Trinajstić information content (AvgIpc) is 2.93. The molecule has 0 saturated carbocycles. The highest BCUT2D eigenvalue weighted by molar-refractivity contribution is 5.85. The molecule has 0 bridgehead atoms. The first-order valence-electron chi connectivity index (χ1n) is 6.69. The predicted octanol–water partition coefficient (Wildman–Crippen LogP) is 1.13. The number of hydrogen-bond donors (Lipinski definition) is 1. The third-order valence-corrected chi connectivity index (χ3v) is 4.31. The fraction of sp³-hybridized carbons (Fsp3) is 0.917. The summed E-state index contributed by atoms with van der Waals surface area (Å²) < 4.78 is 26.2. The molecule has 0 aliphatic carbocycles. The predicted molar refractivity (Wildman–Crippen MR) is 77.0 cm³/mol. The molecule has 0 aromatic heterocycles. The molecule has 3 rings (SSSR count). The molecule has 2 atom stereocenters. The number of carbonyl (C=O) groups is 1. The third kappa shape index (κ3) is 3.53. The SMILES string of the molecule is Cl.Cl.O=C(C1CC(F)(F)CN1)N1CCN2CCCC2C1. The summed E-state index contributed by atoms with van der Waals surface area (Å²) >= 11 is 0. The van der Waals surface area contributed by atoms with Gasteiger partial charge in [-0.15, -0.1) is 24.8 Å². The van der Waals surface area contributed by atoms with E-state index in [1.165, 1.54) is 6.42 Å². The maximum Gasteiger partial charge on any atom is 0.262 e. The Labute approximate surface area is 130 Å². The fourth-order valence-corrected chi connectivity index (χ4v) is 3.30. The smallest absolute Gasteiger partial charge is 0.262 e. The van der Waals surface area contributed by atoms with Crippen LogP contribution in [-0.4, -0.2) is 66.4 Å². The molecule has 4 nitrogen and oxygen atoms in total. The van der Waals surface area contributed by atoms with Crippen LogP contribution in [0.1, 0.15) is 19.3 Å². The highest BCUT2D eigenvalue weighted by atomic mass is 35.5. The van der Waals surface area contributed by atoms with Crippen LogP contribution in [0, 0.1) is 0 Å². The van der Waals surface area contributed by atoms with Crippen molar-refractivity contribution < 1.29 is 13.6 Å². The van der Waals surface area contributed by atoms with Gasteiger partial charge in [-0.1, -0.05) is 0 Å². The maximum atomic E-state index is 13.1. The Hall–Kier alpha value is -0.170. The summed E-state index contributed by atoms with van der Waals surface area (Å²) in [5.74, 6) is -2.87. The van der Waals surface area contributed by atoms with Gasteiger partial charge in [0.15, 0.2) is 0 Å². The summed E-state index contributed by atoms with van der Waals surface area (Å²) in [5.41, 5.74) is 0. The van der Waals surface area contributed by atoms with E-state index >= 15 is 0 Å². The summed E-state index contributed by atoms with van der Waals surface area (Å²) in [6.07, 6.45) is 1.96. The van der Waals surface area contributed by atoms with Crippen molar-refractivity contribution in [1.82, 2.24) is 15.1 Å². The zero-order chi connectivity index (χ0) is 12.8. The Bertz CT molecular complexity index is 360. The van der Waals surface area contributed by atoms with Crippen LogP contribution in [0.4, 0.5) is 8.78 Å². The Morgan fingerprint density at radius 1 is 1.20 bits per heavy atom. The number of nitrogens with zero attached hydrogens (tertiary/aromatic N) is 2. The van der Waals surface area contributed by atoms with Crippen LogP contribution >= 0.6 is 24.8 Å². The minimum Gasteiger partial charge on any atom is -0.338 e. The first kappa shape index (κ1) is 17.9. The highest BCUT2D eigenvalue weighted by Crippen LogP contribution is 2.27. The molecule has 118 valence electrons. The number of nitrogens with one attached hydrogen (secondary N) is 1. The van der Waals surface area contributed by atoms with Crippen molar-refractivity contribution in [3.05, 3.63) is 0 Å². The lowest BCUT2D eigenvalue weighted by Crippen LogP contribution is -2.55. The Balaban J connectivity index is 0.000001000. The minimum atomic E-state index is -2.73. The molecule has 3 aliphatic heterocycles. The van der Waals surface area contributed by atoms with Gasteiger partial charge in [0, 0.05) is 32.1 Å². The van der Waals surface area contributed by atoms with Gasteiger partial charge in [0.25, 0.3) is 5.92 Å². The standard InChI is InChI=1S/C12H19F2N3O.2ClH/c13-12(14)6-10(15-8-12)11(18)17-5-4-16-3-1-2-9(16)7-17;;/h9-10,15H,1-8H2;2*1H. The normalized spacial score (nSPS) is 32.2. The van der Waals surface area contributed by atoms with Crippen molar-refractivity contribution in [3.63, 3.8) is 0 Å². The van der Waals surface area contributed by atoms with Gasteiger partial charge in [-0.2, -0.15) is 0 Å². The molecule has 20 heavy (non-hydrogen) atoms. The summed E-state index contributed by atoms with van der Waals surface area (Å²) in [4.78, 5) is 16.4. The van der Waals surface area contributed by atoms with Gasteiger partial charge in [0.05, 0.1) is 12.6 Å². The van der Waals surface area contributed by atoms with Crippen LogP contribution in [0.2, 0.25) is 0 Å². The van der Waals surface area contributed by atoms with Gasteiger partial charge in [-0.05, 0) is 19.4 Å². The number of halogens is 4. The molecule has 3 saturated heterocycles. The number of fused-ring (bicyclic) bond motifs is 1. The van der Waals surface area contributed by atoms with Crippen molar-refractivity contribution in [1.29, 1.82) is 0 Å². The molecule has 2 unspecified atom stereocenters. The molecule has 0 spiro atoms. The second-order valence-electron chi connectivity index (χ2n) is 5.61. The van der Waals surface area contributed by atoms with E-state index in [1.807, 2.05) is 0 Å². The molecule has 3 aliphatic rings. The number of rotatable bonds is 1. The molecule has 3 heterocycles. The Morgan fingerprint density at radius 3 is 2.60 bits per heavy atom. The molecule has 0 radical (unpaired) electrons. The number of hydrogen-bond acceptors (Lipinski definition) is 3. The largest absolute Gasteiger partial charge is 0.338 e. The fourth-order valence-electron chi connectivity index (χ4n) is 3.30. The second-order valence-corrected chi connectivity index (χ2v) is 5.61. The summed E-state index contributed by atoms with van der Waals surface area (Å²) in [6, 6.07) is -0.238. The first-order chi connectivity index (χ1) is 8.55. The zero-order valence-electron chi connectivity index (χ0n) is 11.2. The minimum absolute atomic E-state index is 0. The van der Waals surface area contributed by atoms with Gasteiger partial charge >= 0.3 is 0 Å². The summed E-state index contributed by atoms with van der Waals surface area (Å²) in [7, 11) is 0. The Morgan fingerprint density at radius 2 is 1.95 bits per heavy atom. The van der Waals surface area contributed by atoms with Crippen LogP contribution in [0.5, 0.6) is 0 Å². The second kappa shape index (κ2) is 6.73. The molecular weight excluding hydrogens is 311 g/mol. The van der Waals surface area contributed by atoms with Crippen molar-refractivity contribution >= 4 is 30.7 Å². The van der Waals surface area contributed by atoms with Gasteiger partial charge < -0.3 is 4.90 Å². The molecular formula is C12H21Cl2F2N3O. The van der Waals surface area contributed by atoms with Gasteiger partial charge in [-0.25, -0.2) is 8.78 Å². The molecule has 1 amide bonds. The van der Waals surface area contributed by atoms with E-state index in [4.69, 9.17) is 0 Å². The lowest BCUT2D eigenvalue weighted by molar-refractivity contribution is -0.136.